The molecule has 0 saturated heterocycles. The van der Waals surface area contributed by atoms with Gasteiger partial charge in [0.15, 0.2) is 0 Å². The summed E-state index contributed by atoms with van der Waals surface area (Å²) < 4.78 is 15.1. The minimum atomic E-state index is -0.509. The molecule has 1 aliphatic carbocycles. The normalized spacial score (nSPS) is 18.8. The molecule has 9 heteroatoms. The predicted molar refractivity (Wildman–Crippen MR) is 111 cm³/mol. The zero-order valence-corrected chi connectivity index (χ0v) is 18.1. The molecule has 1 saturated carbocycles. The van der Waals surface area contributed by atoms with Crippen LogP contribution in [-0.4, -0.2) is 60.7 Å². The molecule has 160 valence electrons. The van der Waals surface area contributed by atoms with Crippen LogP contribution in [0.25, 0.3) is 16.8 Å². The maximum absolute atomic E-state index is 12.4. The standard InChI is InChI=1S/C21H28N6O3/c1-21(2,3)30-20(28)26(5)17-7-6-14(17)13-29-19-18-8-9-22-27(18)12-16(24-19)15-10-23-25(4)11-15/h8-12,14,17H,6-7,13H2,1-5H3/t14-,17+/m0/s1. The van der Waals surface area contributed by atoms with Gasteiger partial charge in [-0.2, -0.15) is 10.2 Å². The molecule has 9 nitrogen and oxygen atoms in total. The van der Waals surface area contributed by atoms with Gasteiger partial charge in [0, 0.05) is 37.8 Å². The third-order valence-corrected chi connectivity index (χ3v) is 5.35. The Balaban J connectivity index is 1.47. The Morgan fingerprint density at radius 2 is 2.07 bits per heavy atom. The number of aryl methyl sites for hydroxylation is 1. The lowest BCUT2D eigenvalue weighted by atomic mass is 9.79. The van der Waals surface area contributed by atoms with Gasteiger partial charge in [-0.15, -0.1) is 0 Å². The SMILES string of the molecule is CN(C(=O)OC(C)(C)C)[C@@H]1CC[C@H]1COc1nc(-c2cnn(C)c2)cn2nccc12. The Bertz CT molecular complexity index is 1050. The fraction of sp³-hybridized carbons (Fsp3) is 0.524. The molecule has 0 N–H and O–H groups in total. The highest BCUT2D eigenvalue weighted by atomic mass is 16.6. The van der Waals surface area contributed by atoms with Gasteiger partial charge in [-0.05, 0) is 39.7 Å². The van der Waals surface area contributed by atoms with E-state index in [1.165, 1.54) is 0 Å². The molecule has 0 radical (unpaired) electrons. The van der Waals surface area contributed by atoms with E-state index in [0.29, 0.717) is 12.5 Å². The number of amides is 1. The molecule has 0 aromatic carbocycles. The van der Waals surface area contributed by atoms with Crippen LogP contribution in [0.1, 0.15) is 33.6 Å². The van der Waals surface area contributed by atoms with Crippen molar-refractivity contribution >= 4 is 11.6 Å². The maximum atomic E-state index is 12.4. The fourth-order valence-corrected chi connectivity index (χ4v) is 3.61. The first-order chi connectivity index (χ1) is 14.2. The lowest BCUT2D eigenvalue weighted by Crippen LogP contribution is -2.51. The summed E-state index contributed by atoms with van der Waals surface area (Å²) in [5, 5.41) is 8.55. The Labute approximate surface area is 175 Å². The van der Waals surface area contributed by atoms with E-state index in [9.17, 15) is 4.79 Å². The summed E-state index contributed by atoms with van der Waals surface area (Å²) in [6.07, 6.45) is 8.89. The average Bonchev–Trinajstić information content (AvgIpc) is 3.28. The number of carbonyl (C=O) groups excluding carboxylic acids is 1. The Hall–Kier alpha value is -3.10. The van der Waals surface area contributed by atoms with E-state index < -0.39 is 5.60 Å². The van der Waals surface area contributed by atoms with E-state index in [0.717, 1.165) is 29.6 Å². The van der Waals surface area contributed by atoms with Gasteiger partial charge < -0.3 is 14.4 Å². The van der Waals surface area contributed by atoms with Gasteiger partial charge in [0.1, 0.15) is 11.1 Å². The van der Waals surface area contributed by atoms with Crippen LogP contribution >= 0.6 is 0 Å². The smallest absolute Gasteiger partial charge is 0.410 e. The van der Waals surface area contributed by atoms with Gasteiger partial charge in [-0.1, -0.05) is 0 Å². The van der Waals surface area contributed by atoms with Crippen LogP contribution in [0.2, 0.25) is 0 Å². The van der Waals surface area contributed by atoms with Gasteiger partial charge in [-0.3, -0.25) is 4.68 Å². The van der Waals surface area contributed by atoms with E-state index in [2.05, 4.69) is 10.2 Å². The quantitative estimate of drug-likeness (QED) is 0.640. The van der Waals surface area contributed by atoms with E-state index in [-0.39, 0.29) is 18.1 Å². The van der Waals surface area contributed by atoms with Gasteiger partial charge in [0.2, 0.25) is 5.88 Å². The molecule has 4 rings (SSSR count). The summed E-state index contributed by atoms with van der Waals surface area (Å²) >= 11 is 0. The molecule has 1 aliphatic rings. The zero-order chi connectivity index (χ0) is 21.5. The Kier molecular flexibility index (Phi) is 5.13. The summed E-state index contributed by atoms with van der Waals surface area (Å²) in [6.45, 7) is 6.09. The number of carbonyl (C=O) groups is 1. The topological polar surface area (TPSA) is 86.8 Å². The number of hydrogen-bond donors (Lipinski definition) is 0. The number of hydrogen-bond acceptors (Lipinski definition) is 6. The van der Waals surface area contributed by atoms with Gasteiger partial charge >= 0.3 is 6.09 Å². The molecule has 1 fully saturated rings. The monoisotopic (exact) mass is 412 g/mol. The molecule has 0 aliphatic heterocycles. The number of ether oxygens (including phenoxy) is 2. The molecule has 2 atom stereocenters. The molecule has 3 heterocycles. The van der Waals surface area contributed by atoms with E-state index in [1.54, 1.807) is 33.5 Å². The third-order valence-electron chi connectivity index (χ3n) is 5.35. The van der Waals surface area contributed by atoms with Crippen molar-refractivity contribution in [1.29, 1.82) is 0 Å². The van der Waals surface area contributed by atoms with Crippen LogP contribution < -0.4 is 4.74 Å². The maximum Gasteiger partial charge on any atom is 0.410 e. The van der Waals surface area contributed by atoms with Crippen molar-refractivity contribution in [2.75, 3.05) is 13.7 Å². The minimum Gasteiger partial charge on any atom is -0.476 e. The van der Waals surface area contributed by atoms with Crippen LogP contribution in [-0.2, 0) is 11.8 Å². The Morgan fingerprint density at radius 1 is 1.27 bits per heavy atom. The summed E-state index contributed by atoms with van der Waals surface area (Å²) in [5.41, 5.74) is 1.93. The highest BCUT2D eigenvalue weighted by molar-refractivity contribution is 5.68. The largest absolute Gasteiger partial charge is 0.476 e. The van der Waals surface area contributed by atoms with Crippen molar-refractivity contribution < 1.29 is 14.3 Å². The molecule has 1 amide bonds. The summed E-state index contributed by atoms with van der Waals surface area (Å²) in [4.78, 5) is 18.8. The van der Waals surface area contributed by atoms with Crippen LogP contribution in [0, 0.1) is 5.92 Å². The van der Waals surface area contributed by atoms with Crippen LogP contribution in [0.15, 0.2) is 30.9 Å². The molecule has 0 bridgehead atoms. The van der Waals surface area contributed by atoms with Crippen LogP contribution in [0.4, 0.5) is 4.79 Å². The van der Waals surface area contributed by atoms with Crippen LogP contribution in [0.5, 0.6) is 5.88 Å². The van der Waals surface area contributed by atoms with Crippen molar-refractivity contribution in [1.82, 2.24) is 29.3 Å². The first-order valence-corrected chi connectivity index (χ1v) is 10.1. The first kappa shape index (κ1) is 20.2. The van der Waals surface area contributed by atoms with Crippen LogP contribution in [0.3, 0.4) is 0 Å². The van der Waals surface area contributed by atoms with Gasteiger partial charge in [0.25, 0.3) is 0 Å². The van der Waals surface area contributed by atoms with Crippen molar-refractivity contribution in [3.05, 3.63) is 30.9 Å². The third kappa shape index (κ3) is 4.10. The molecule has 0 unspecified atom stereocenters. The molecular formula is C21H28N6O3. The van der Waals surface area contributed by atoms with Gasteiger partial charge in [0.05, 0.1) is 30.9 Å². The summed E-state index contributed by atoms with van der Waals surface area (Å²) in [7, 11) is 3.66. The second-order valence-corrected chi connectivity index (χ2v) is 8.80. The highest BCUT2D eigenvalue weighted by Crippen LogP contribution is 2.33. The minimum absolute atomic E-state index is 0.0993. The average molecular weight is 412 g/mol. The molecular weight excluding hydrogens is 384 g/mol. The Morgan fingerprint density at radius 3 is 2.70 bits per heavy atom. The van der Waals surface area contributed by atoms with E-state index in [4.69, 9.17) is 14.5 Å². The summed E-state index contributed by atoms with van der Waals surface area (Å²) in [6, 6.07) is 1.97. The molecule has 0 spiro atoms. The first-order valence-electron chi connectivity index (χ1n) is 10.1. The molecule has 30 heavy (non-hydrogen) atoms. The number of nitrogens with zero attached hydrogens (tertiary/aromatic N) is 6. The lowest BCUT2D eigenvalue weighted by molar-refractivity contribution is -0.00546. The summed E-state index contributed by atoms with van der Waals surface area (Å²) in [5.74, 6) is 0.758. The zero-order valence-electron chi connectivity index (χ0n) is 18.1. The number of rotatable bonds is 5. The number of fused-ring (bicyclic) bond motifs is 1. The molecule has 3 aromatic heterocycles. The van der Waals surface area contributed by atoms with E-state index in [1.807, 2.05) is 46.3 Å². The van der Waals surface area contributed by atoms with E-state index >= 15 is 0 Å². The highest BCUT2D eigenvalue weighted by Gasteiger charge is 2.38. The van der Waals surface area contributed by atoms with Crippen molar-refractivity contribution in [3.63, 3.8) is 0 Å². The predicted octanol–water partition coefficient (Wildman–Crippen LogP) is 3.15. The lowest BCUT2D eigenvalue weighted by Gasteiger charge is -2.42. The van der Waals surface area contributed by atoms with Crippen molar-refractivity contribution in [2.45, 2.75) is 45.3 Å². The number of aromatic nitrogens is 5. The molecule has 3 aromatic rings. The van der Waals surface area contributed by atoms with Gasteiger partial charge in [-0.25, -0.2) is 14.3 Å². The van der Waals surface area contributed by atoms with Crippen molar-refractivity contribution in [2.24, 2.45) is 13.0 Å². The van der Waals surface area contributed by atoms with Crippen molar-refractivity contribution in [3.8, 4) is 17.1 Å². The second-order valence-electron chi connectivity index (χ2n) is 8.80. The second kappa shape index (κ2) is 7.62. The fourth-order valence-electron chi connectivity index (χ4n) is 3.61.